The predicted molar refractivity (Wildman–Crippen MR) is 157 cm³/mol. The highest BCUT2D eigenvalue weighted by molar-refractivity contribution is 7.90. The molecule has 1 fully saturated rings. The first-order chi connectivity index (χ1) is 19.5. The molecule has 1 atom stereocenters. The largest absolute Gasteiger partial charge is 0.612 e. The number of aromatic nitrogens is 1. The zero-order valence-corrected chi connectivity index (χ0v) is 24.4. The number of fused-ring (bicyclic) bond motifs is 1. The van der Waals surface area contributed by atoms with E-state index in [4.69, 9.17) is 4.74 Å². The summed E-state index contributed by atoms with van der Waals surface area (Å²) in [5.74, 6) is 6.43. The fourth-order valence-electron chi connectivity index (χ4n) is 4.96. The van der Waals surface area contributed by atoms with E-state index in [9.17, 15) is 22.5 Å². The zero-order valence-electron chi connectivity index (χ0n) is 23.6. The molecule has 0 saturated carbocycles. The summed E-state index contributed by atoms with van der Waals surface area (Å²) in [6.45, 7) is 4.08. The number of anilines is 2. The van der Waals surface area contributed by atoms with E-state index in [0.717, 1.165) is 18.5 Å². The van der Waals surface area contributed by atoms with Crippen LogP contribution in [0.4, 0.5) is 24.5 Å². The number of amides is 1. The Labute approximate surface area is 241 Å². The number of carbonyl (C=O) groups excluding carboxylic acids is 1. The first kappa shape index (κ1) is 30.5. The van der Waals surface area contributed by atoms with Gasteiger partial charge in [0.25, 0.3) is 0 Å². The molecule has 0 aliphatic carbocycles. The van der Waals surface area contributed by atoms with Crippen LogP contribution < -0.4 is 15.4 Å². The van der Waals surface area contributed by atoms with Crippen LogP contribution in [-0.2, 0) is 22.5 Å². The molecule has 2 heterocycles. The van der Waals surface area contributed by atoms with Gasteiger partial charge in [-0.15, -0.1) is 0 Å². The van der Waals surface area contributed by atoms with Crippen molar-refractivity contribution in [3.8, 4) is 17.6 Å². The van der Waals surface area contributed by atoms with E-state index in [1.807, 2.05) is 24.8 Å². The normalized spacial score (nSPS) is 15.0. The van der Waals surface area contributed by atoms with Gasteiger partial charge in [0.1, 0.15) is 18.6 Å². The van der Waals surface area contributed by atoms with Crippen LogP contribution in [0.15, 0.2) is 47.4 Å². The van der Waals surface area contributed by atoms with Crippen molar-refractivity contribution in [1.82, 2.24) is 9.47 Å². The number of nitrogens with zero attached hydrogens (tertiary/aromatic N) is 2. The van der Waals surface area contributed by atoms with E-state index in [-0.39, 0.29) is 30.1 Å². The van der Waals surface area contributed by atoms with Crippen molar-refractivity contribution in [2.45, 2.75) is 50.3 Å². The van der Waals surface area contributed by atoms with Crippen LogP contribution in [0, 0.1) is 17.8 Å². The molecule has 1 saturated heterocycles. The molecule has 0 spiro atoms. The lowest BCUT2D eigenvalue weighted by molar-refractivity contribution is -0.140. The number of nitrogens with one attached hydrogen (secondary N) is 2. The maximum atomic E-state index is 13.6. The molecule has 2 N–H and O–H groups in total. The summed E-state index contributed by atoms with van der Waals surface area (Å²) in [4.78, 5) is 14.8. The molecule has 1 amide bonds. The zero-order chi connectivity index (χ0) is 29.7. The molecular weight excluding hydrogens is 553 g/mol. The highest BCUT2D eigenvalue weighted by atomic mass is 32.2. The van der Waals surface area contributed by atoms with E-state index in [1.165, 1.54) is 11.7 Å². The van der Waals surface area contributed by atoms with Gasteiger partial charge in [-0.05, 0) is 60.3 Å². The highest BCUT2D eigenvalue weighted by Crippen LogP contribution is 2.32. The third kappa shape index (κ3) is 7.63. The Bertz CT molecular complexity index is 1430. The standard InChI is InChI=1S/C30H35F3N4O3S/c1-20(2)29(38)36-15-12-21(13-16-36)35-25-8-5-9-27-24(25)17-22(37(27)19-30(31,32)33)7-6-14-34-26-11-10-23(41(4)39)18-28(26)40-3/h5,8-11,17-18,20-21,34-35H,12-16,19H2,1-4H3. The Balaban J connectivity index is 1.54. The Hall–Kier alpha value is -3.49. The molecule has 4 rings (SSSR count). The third-order valence-corrected chi connectivity index (χ3v) is 7.95. The summed E-state index contributed by atoms with van der Waals surface area (Å²) in [6, 6.07) is 12.2. The summed E-state index contributed by atoms with van der Waals surface area (Å²) in [5, 5.41) is 7.28. The van der Waals surface area contributed by atoms with Crippen molar-refractivity contribution in [2.75, 3.05) is 43.6 Å². The average Bonchev–Trinajstić information content (AvgIpc) is 3.27. The van der Waals surface area contributed by atoms with E-state index in [1.54, 1.807) is 42.7 Å². The molecule has 1 unspecified atom stereocenters. The van der Waals surface area contributed by atoms with Gasteiger partial charge in [-0.25, -0.2) is 0 Å². The van der Waals surface area contributed by atoms with Crippen LogP contribution in [-0.4, -0.2) is 65.1 Å². The van der Waals surface area contributed by atoms with Gasteiger partial charge in [-0.3, -0.25) is 4.79 Å². The number of alkyl halides is 3. The molecule has 1 aliphatic rings. The quantitative estimate of drug-likeness (QED) is 0.269. The summed E-state index contributed by atoms with van der Waals surface area (Å²) in [5.41, 5.74) is 2.09. The van der Waals surface area contributed by atoms with Crippen LogP contribution in [0.1, 0.15) is 32.4 Å². The number of methoxy groups -OCH3 is 1. The number of hydrogen-bond acceptors (Lipinski definition) is 5. The van der Waals surface area contributed by atoms with Gasteiger partial charge in [-0.2, -0.15) is 13.2 Å². The van der Waals surface area contributed by atoms with Crippen LogP contribution in [0.5, 0.6) is 5.75 Å². The van der Waals surface area contributed by atoms with Crippen LogP contribution >= 0.6 is 0 Å². The van der Waals surface area contributed by atoms with Crippen LogP contribution in [0.2, 0.25) is 0 Å². The average molecular weight is 589 g/mol. The van der Waals surface area contributed by atoms with Crippen molar-refractivity contribution in [1.29, 1.82) is 0 Å². The summed E-state index contributed by atoms with van der Waals surface area (Å²) in [6.07, 6.45) is -1.33. The minimum atomic E-state index is -4.42. The van der Waals surface area contributed by atoms with E-state index in [2.05, 4.69) is 22.5 Å². The Morgan fingerprint density at radius 1 is 1.17 bits per heavy atom. The van der Waals surface area contributed by atoms with Crippen LogP contribution in [0.25, 0.3) is 10.9 Å². The lowest BCUT2D eigenvalue weighted by Crippen LogP contribution is -2.43. The van der Waals surface area contributed by atoms with Crippen molar-refractivity contribution >= 4 is 39.4 Å². The van der Waals surface area contributed by atoms with Gasteiger partial charge in [0.15, 0.2) is 4.90 Å². The minimum Gasteiger partial charge on any atom is -0.612 e. The predicted octanol–water partition coefficient (Wildman–Crippen LogP) is 5.47. The number of hydrogen-bond donors (Lipinski definition) is 2. The van der Waals surface area contributed by atoms with E-state index in [0.29, 0.717) is 40.3 Å². The van der Waals surface area contributed by atoms with Crippen molar-refractivity contribution in [3.63, 3.8) is 0 Å². The number of likely N-dealkylation sites (tertiary alicyclic amines) is 1. The molecule has 0 radical (unpaired) electrons. The second-order valence-corrected chi connectivity index (χ2v) is 11.7. The Morgan fingerprint density at radius 3 is 2.54 bits per heavy atom. The second-order valence-electron chi connectivity index (χ2n) is 10.3. The number of halogens is 3. The first-order valence-corrected chi connectivity index (χ1v) is 15.0. The lowest BCUT2D eigenvalue weighted by atomic mass is 10.0. The number of ether oxygens (including phenoxy) is 1. The van der Waals surface area contributed by atoms with Crippen molar-refractivity contribution < 1.29 is 27.3 Å². The topological polar surface area (TPSA) is 81.6 Å². The summed E-state index contributed by atoms with van der Waals surface area (Å²) in [7, 11) is 1.50. The molecule has 2 aromatic carbocycles. The molecule has 1 aliphatic heterocycles. The second kappa shape index (κ2) is 13.0. The molecule has 3 aromatic rings. The van der Waals surface area contributed by atoms with Gasteiger partial charge in [0.05, 0.1) is 30.6 Å². The fraction of sp³-hybridized carbons (Fsp3) is 0.433. The minimum absolute atomic E-state index is 0.0492. The SMILES string of the molecule is COc1cc([S+](C)[O-])ccc1NCC#Cc1cc2c(NC3CCN(C(=O)C(C)C)CC3)cccc2n1CC(F)(F)F. The van der Waals surface area contributed by atoms with Gasteiger partial charge < -0.3 is 29.4 Å². The highest BCUT2D eigenvalue weighted by Gasteiger charge is 2.30. The van der Waals surface area contributed by atoms with Gasteiger partial charge in [-0.1, -0.05) is 25.8 Å². The molecule has 1 aromatic heterocycles. The third-order valence-electron chi connectivity index (χ3n) is 7.03. The Morgan fingerprint density at radius 2 is 1.90 bits per heavy atom. The molecule has 220 valence electrons. The van der Waals surface area contributed by atoms with Gasteiger partial charge >= 0.3 is 6.18 Å². The maximum Gasteiger partial charge on any atom is 0.406 e. The molecule has 11 heteroatoms. The number of rotatable bonds is 8. The number of benzene rings is 2. The number of piperidine rings is 1. The molecule has 0 bridgehead atoms. The molecular formula is C30H35F3N4O3S. The maximum absolute atomic E-state index is 13.6. The Kier molecular flexibility index (Phi) is 9.66. The smallest absolute Gasteiger partial charge is 0.406 e. The molecule has 7 nitrogen and oxygen atoms in total. The van der Waals surface area contributed by atoms with Gasteiger partial charge in [0.2, 0.25) is 5.91 Å². The summed E-state index contributed by atoms with van der Waals surface area (Å²) >= 11 is -1.16. The van der Waals surface area contributed by atoms with Crippen molar-refractivity contribution in [2.24, 2.45) is 5.92 Å². The fourth-order valence-corrected chi connectivity index (χ4v) is 5.50. The van der Waals surface area contributed by atoms with Gasteiger partial charge in [0, 0.05) is 42.2 Å². The first-order valence-electron chi connectivity index (χ1n) is 13.5. The number of carbonyl (C=O) groups is 1. The van der Waals surface area contributed by atoms with E-state index < -0.39 is 23.9 Å². The monoisotopic (exact) mass is 588 g/mol. The molecule has 41 heavy (non-hydrogen) atoms. The van der Waals surface area contributed by atoms with Crippen LogP contribution in [0.3, 0.4) is 0 Å². The summed E-state index contributed by atoms with van der Waals surface area (Å²) < 4.78 is 59.0. The van der Waals surface area contributed by atoms with Crippen molar-refractivity contribution in [3.05, 3.63) is 48.2 Å². The lowest BCUT2D eigenvalue weighted by Gasteiger charge is -2.34. The van der Waals surface area contributed by atoms with E-state index >= 15 is 0 Å².